The normalized spacial score (nSPS) is 20.4. The van der Waals surface area contributed by atoms with Crippen LogP contribution in [0.25, 0.3) is 10.9 Å². The Hall–Kier alpha value is -2.59. The Morgan fingerprint density at radius 2 is 1.85 bits per heavy atom. The number of rotatable bonds is 4. The average Bonchev–Trinajstić information content (AvgIpc) is 3.36. The topological polar surface area (TPSA) is 39.3 Å². The van der Waals surface area contributed by atoms with Gasteiger partial charge in [-0.05, 0) is 92.4 Å². The fourth-order valence-corrected chi connectivity index (χ4v) is 6.82. The highest BCUT2D eigenvalue weighted by Crippen LogP contribution is 2.45. The molecule has 0 bridgehead atoms. The molecule has 4 heteroatoms. The van der Waals surface area contributed by atoms with Gasteiger partial charge < -0.3 is 14.8 Å². The number of hydrogen-bond donors (Lipinski definition) is 1. The highest BCUT2D eigenvalue weighted by Gasteiger charge is 2.40. The molecule has 0 aliphatic carbocycles. The van der Waals surface area contributed by atoms with Gasteiger partial charge in [-0.3, -0.25) is 4.79 Å². The average molecular weight is 456 g/mol. The lowest BCUT2D eigenvalue weighted by Crippen LogP contribution is -2.40. The summed E-state index contributed by atoms with van der Waals surface area (Å²) in [6.45, 7) is 13.2. The summed E-state index contributed by atoms with van der Waals surface area (Å²) < 4.78 is 0. The van der Waals surface area contributed by atoms with E-state index in [-0.39, 0.29) is 5.41 Å². The molecule has 6 rings (SSSR count). The number of nitrogens with one attached hydrogen (secondary N) is 1. The predicted molar refractivity (Wildman–Crippen MR) is 140 cm³/mol. The number of aryl methyl sites for hydroxylation is 2. The van der Waals surface area contributed by atoms with Crippen LogP contribution in [0.15, 0.2) is 30.3 Å². The Morgan fingerprint density at radius 1 is 1.06 bits per heavy atom. The summed E-state index contributed by atoms with van der Waals surface area (Å²) >= 11 is 0. The van der Waals surface area contributed by atoms with Crippen LogP contribution in [0.2, 0.25) is 0 Å². The number of anilines is 1. The lowest BCUT2D eigenvalue weighted by Gasteiger charge is -2.37. The molecule has 0 spiro atoms. The van der Waals surface area contributed by atoms with Crippen LogP contribution in [0.1, 0.15) is 72.5 Å². The number of aromatic nitrogens is 1. The van der Waals surface area contributed by atoms with Crippen molar-refractivity contribution in [3.63, 3.8) is 0 Å². The van der Waals surface area contributed by atoms with Crippen molar-refractivity contribution >= 4 is 22.5 Å². The quantitative estimate of drug-likeness (QED) is 0.542. The minimum atomic E-state index is -0.0634. The number of amides is 1. The van der Waals surface area contributed by atoms with Crippen LogP contribution in [0.5, 0.6) is 0 Å². The SMILES string of the molecule is Cc1ccc2c(C3CCN(CCc4cc5c6c(c4)C(C)(C)CC(=O)N6CC5)CC3)c(C)[nH]c2c1. The minimum Gasteiger partial charge on any atom is -0.358 e. The van der Waals surface area contributed by atoms with Gasteiger partial charge in [0.1, 0.15) is 0 Å². The Balaban J connectivity index is 1.14. The second kappa shape index (κ2) is 7.98. The summed E-state index contributed by atoms with van der Waals surface area (Å²) in [5.74, 6) is 0.953. The molecule has 1 fully saturated rings. The minimum absolute atomic E-state index is 0.0634. The summed E-state index contributed by atoms with van der Waals surface area (Å²) in [7, 11) is 0. The van der Waals surface area contributed by atoms with Crippen molar-refractivity contribution < 1.29 is 4.79 Å². The van der Waals surface area contributed by atoms with Crippen molar-refractivity contribution in [1.29, 1.82) is 0 Å². The van der Waals surface area contributed by atoms with Crippen LogP contribution in [0, 0.1) is 13.8 Å². The van der Waals surface area contributed by atoms with E-state index in [0.717, 1.165) is 25.9 Å². The highest BCUT2D eigenvalue weighted by molar-refractivity contribution is 6.00. The first kappa shape index (κ1) is 21.9. The Morgan fingerprint density at radius 3 is 2.65 bits per heavy atom. The molecule has 0 unspecified atom stereocenters. The third kappa shape index (κ3) is 3.58. The summed E-state index contributed by atoms with van der Waals surface area (Å²) in [5.41, 5.74) is 10.9. The Labute approximate surface area is 203 Å². The maximum Gasteiger partial charge on any atom is 0.227 e. The number of hydrogen-bond acceptors (Lipinski definition) is 2. The zero-order valence-electron chi connectivity index (χ0n) is 21.1. The molecule has 0 atom stereocenters. The first-order valence-corrected chi connectivity index (χ1v) is 13.1. The fraction of sp³-hybridized carbons (Fsp3) is 0.500. The molecule has 3 aliphatic heterocycles. The maximum absolute atomic E-state index is 12.6. The third-order valence-corrected chi connectivity index (χ3v) is 8.65. The molecule has 34 heavy (non-hydrogen) atoms. The van der Waals surface area contributed by atoms with Gasteiger partial charge in [0.25, 0.3) is 0 Å². The number of aromatic amines is 1. The van der Waals surface area contributed by atoms with Gasteiger partial charge in [0.2, 0.25) is 5.91 Å². The second-order valence-corrected chi connectivity index (χ2v) is 11.6. The number of H-pyrrole nitrogens is 1. The van der Waals surface area contributed by atoms with Gasteiger partial charge in [0, 0.05) is 41.5 Å². The van der Waals surface area contributed by atoms with Crippen molar-refractivity contribution in [3.05, 3.63) is 63.8 Å². The van der Waals surface area contributed by atoms with E-state index in [1.54, 1.807) is 5.56 Å². The van der Waals surface area contributed by atoms with Crippen molar-refractivity contribution in [3.8, 4) is 0 Å². The van der Waals surface area contributed by atoms with Gasteiger partial charge >= 0.3 is 0 Å². The van der Waals surface area contributed by atoms with E-state index < -0.39 is 0 Å². The van der Waals surface area contributed by atoms with Crippen LogP contribution in [0.3, 0.4) is 0 Å². The summed E-state index contributed by atoms with van der Waals surface area (Å²) in [5, 5.41) is 1.42. The molecule has 1 aromatic heterocycles. The van der Waals surface area contributed by atoms with Crippen LogP contribution >= 0.6 is 0 Å². The van der Waals surface area contributed by atoms with E-state index in [1.807, 2.05) is 4.90 Å². The third-order valence-electron chi connectivity index (χ3n) is 8.65. The van der Waals surface area contributed by atoms with Crippen LogP contribution < -0.4 is 4.90 Å². The van der Waals surface area contributed by atoms with Gasteiger partial charge in [0.15, 0.2) is 0 Å². The molecule has 2 aromatic carbocycles. The number of piperidine rings is 1. The van der Waals surface area contributed by atoms with Gasteiger partial charge in [-0.25, -0.2) is 0 Å². The first-order chi connectivity index (χ1) is 16.3. The summed E-state index contributed by atoms with van der Waals surface area (Å²) in [6, 6.07) is 11.6. The van der Waals surface area contributed by atoms with Crippen LogP contribution in [0.4, 0.5) is 5.69 Å². The van der Waals surface area contributed by atoms with Crippen LogP contribution in [-0.2, 0) is 23.1 Å². The Bertz CT molecular complexity index is 1280. The Kier molecular flexibility index (Phi) is 5.14. The molecular formula is C30H37N3O. The number of fused-ring (bicyclic) bond motifs is 1. The van der Waals surface area contributed by atoms with Crippen molar-refractivity contribution in [2.24, 2.45) is 0 Å². The standard InChI is InChI=1S/C30H37N3O/c1-19-5-6-24-26(15-19)31-20(2)28(24)22-8-12-32(13-9-22)11-7-21-16-23-10-14-33-27(34)18-30(3,4)25(17-21)29(23)33/h5-6,15-17,22,31H,7-14,18H2,1-4H3. The van der Waals surface area contributed by atoms with E-state index >= 15 is 0 Å². The summed E-state index contributed by atoms with van der Waals surface area (Å²) in [6.07, 6.45) is 5.21. The zero-order valence-corrected chi connectivity index (χ0v) is 21.1. The molecule has 0 radical (unpaired) electrons. The molecule has 4 heterocycles. The van der Waals surface area contributed by atoms with Crippen molar-refractivity contribution in [1.82, 2.24) is 9.88 Å². The van der Waals surface area contributed by atoms with Crippen molar-refractivity contribution in [2.45, 2.75) is 71.1 Å². The number of carbonyl (C=O) groups is 1. The number of carbonyl (C=O) groups excluding carboxylic acids is 1. The molecule has 1 N–H and O–H groups in total. The first-order valence-electron chi connectivity index (χ1n) is 13.1. The van der Waals surface area contributed by atoms with E-state index in [2.05, 4.69) is 67.9 Å². The van der Waals surface area contributed by atoms with Crippen molar-refractivity contribution in [2.75, 3.05) is 31.1 Å². The van der Waals surface area contributed by atoms with Gasteiger partial charge in [-0.15, -0.1) is 0 Å². The van der Waals surface area contributed by atoms with Gasteiger partial charge in [-0.2, -0.15) is 0 Å². The lowest BCUT2D eigenvalue weighted by molar-refractivity contribution is -0.120. The largest absolute Gasteiger partial charge is 0.358 e. The number of nitrogens with zero attached hydrogens (tertiary/aromatic N) is 2. The van der Waals surface area contributed by atoms with Crippen LogP contribution in [-0.4, -0.2) is 42.0 Å². The zero-order chi connectivity index (χ0) is 23.6. The van der Waals surface area contributed by atoms with Gasteiger partial charge in [0.05, 0.1) is 5.69 Å². The van der Waals surface area contributed by atoms with E-state index in [0.29, 0.717) is 18.2 Å². The maximum atomic E-state index is 12.6. The predicted octanol–water partition coefficient (Wildman–Crippen LogP) is 5.78. The highest BCUT2D eigenvalue weighted by atomic mass is 16.2. The number of benzene rings is 2. The molecule has 1 amide bonds. The fourth-order valence-electron chi connectivity index (χ4n) is 6.82. The summed E-state index contributed by atoms with van der Waals surface area (Å²) in [4.78, 5) is 20.9. The molecule has 4 nitrogen and oxygen atoms in total. The molecular weight excluding hydrogens is 418 g/mol. The molecule has 0 saturated carbocycles. The smallest absolute Gasteiger partial charge is 0.227 e. The molecule has 178 valence electrons. The van der Waals surface area contributed by atoms with E-state index in [9.17, 15) is 4.79 Å². The monoisotopic (exact) mass is 455 g/mol. The molecule has 3 aromatic rings. The van der Waals surface area contributed by atoms with Gasteiger partial charge in [-0.1, -0.05) is 38.1 Å². The second-order valence-electron chi connectivity index (χ2n) is 11.6. The molecule has 1 saturated heterocycles. The lowest BCUT2D eigenvalue weighted by atomic mass is 9.76. The number of likely N-dealkylation sites (tertiary alicyclic amines) is 1. The van der Waals surface area contributed by atoms with E-state index in [1.165, 1.54) is 70.5 Å². The van der Waals surface area contributed by atoms with E-state index in [4.69, 9.17) is 0 Å². The molecule has 3 aliphatic rings.